The minimum absolute atomic E-state index is 0.0509. The molecule has 1 aromatic carbocycles. The molecule has 0 N–H and O–H groups in total. The SMILES string of the molecule is CCC(C)CC(S)C1=C(Br)C(=C=O)C(OCc2ccccc2)=C(C(=C2CCC2)N(CC)CCOC)N1C. The summed E-state index contributed by atoms with van der Waals surface area (Å²) >= 11 is 8.81. The second-order valence-electron chi connectivity index (χ2n) is 9.83. The highest BCUT2D eigenvalue weighted by Crippen LogP contribution is 2.46. The topological polar surface area (TPSA) is 42.0 Å². The van der Waals surface area contributed by atoms with Gasteiger partial charge in [0.15, 0.2) is 5.76 Å². The Bertz CT molecular complexity index is 1070. The van der Waals surface area contributed by atoms with Gasteiger partial charge in [0.05, 0.1) is 16.8 Å². The lowest BCUT2D eigenvalue weighted by molar-refractivity contribution is 0.160. The van der Waals surface area contributed by atoms with E-state index < -0.39 is 0 Å². The summed E-state index contributed by atoms with van der Waals surface area (Å²) in [6.07, 6.45) is 5.23. The fraction of sp³-hybridized carbons (Fsp3) is 0.533. The molecule has 0 bridgehead atoms. The Labute approximate surface area is 236 Å². The van der Waals surface area contributed by atoms with E-state index in [1.54, 1.807) is 7.11 Å². The number of nitrogens with zero attached hydrogens (tertiary/aromatic N) is 2. The van der Waals surface area contributed by atoms with Crippen molar-refractivity contribution >= 4 is 34.5 Å². The Balaban J connectivity index is 2.18. The van der Waals surface area contributed by atoms with Gasteiger partial charge in [-0.05, 0) is 65.6 Å². The molecule has 2 atom stereocenters. The second kappa shape index (κ2) is 14.3. The summed E-state index contributed by atoms with van der Waals surface area (Å²) in [6.45, 7) is 9.16. The first kappa shape index (κ1) is 29.6. The van der Waals surface area contributed by atoms with E-state index in [1.807, 2.05) is 30.3 Å². The maximum Gasteiger partial charge on any atom is 0.165 e. The Kier molecular flexibility index (Phi) is 11.4. The summed E-state index contributed by atoms with van der Waals surface area (Å²) in [5, 5.41) is -0.0509. The van der Waals surface area contributed by atoms with E-state index in [1.165, 1.54) is 12.0 Å². The van der Waals surface area contributed by atoms with Crippen molar-refractivity contribution in [1.82, 2.24) is 9.80 Å². The van der Waals surface area contributed by atoms with Crippen molar-refractivity contribution in [3.63, 3.8) is 0 Å². The highest BCUT2D eigenvalue weighted by Gasteiger charge is 2.38. The summed E-state index contributed by atoms with van der Waals surface area (Å²) < 4.78 is 12.7. The van der Waals surface area contributed by atoms with Crippen molar-refractivity contribution in [2.24, 2.45) is 5.92 Å². The van der Waals surface area contributed by atoms with Gasteiger partial charge in [-0.1, -0.05) is 50.6 Å². The van der Waals surface area contributed by atoms with Crippen LogP contribution >= 0.6 is 28.6 Å². The van der Waals surface area contributed by atoms with Crippen LogP contribution in [-0.2, 0) is 20.9 Å². The van der Waals surface area contributed by atoms with Gasteiger partial charge in [-0.3, -0.25) is 0 Å². The number of benzene rings is 1. The zero-order valence-corrected chi connectivity index (χ0v) is 25.3. The number of rotatable bonds is 13. The van der Waals surface area contributed by atoms with Crippen molar-refractivity contribution < 1.29 is 14.3 Å². The molecule has 0 amide bonds. The Morgan fingerprint density at radius 2 is 1.95 bits per heavy atom. The molecule has 0 aromatic heterocycles. The fourth-order valence-electron chi connectivity index (χ4n) is 4.78. The normalized spacial score (nSPS) is 17.4. The summed E-state index contributed by atoms with van der Waals surface area (Å²) in [6, 6.07) is 10.0. The van der Waals surface area contributed by atoms with E-state index in [4.69, 9.17) is 22.1 Å². The number of hydrogen-bond acceptors (Lipinski definition) is 6. The molecule has 2 aliphatic rings. The van der Waals surface area contributed by atoms with E-state index in [0.717, 1.165) is 61.4 Å². The van der Waals surface area contributed by atoms with Crippen molar-refractivity contribution in [3.8, 4) is 0 Å². The van der Waals surface area contributed by atoms with E-state index >= 15 is 0 Å². The van der Waals surface area contributed by atoms with Gasteiger partial charge in [0.1, 0.15) is 23.8 Å². The molecule has 1 aliphatic heterocycles. The molecular formula is C30H41BrN2O3S. The van der Waals surface area contributed by atoms with Crippen LogP contribution < -0.4 is 0 Å². The van der Waals surface area contributed by atoms with E-state index in [-0.39, 0.29) is 5.25 Å². The third-order valence-electron chi connectivity index (χ3n) is 7.33. The number of hydrogen-bond donors (Lipinski definition) is 1. The molecule has 5 nitrogen and oxygen atoms in total. The quantitative estimate of drug-likeness (QED) is 0.201. The number of likely N-dealkylation sites (N-methyl/N-ethyl adjacent to an activating group) is 2. The first-order valence-electron chi connectivity index (χ1n) is 13.3. The molecule has 1 heterocycles. The maximum atomic E-state index is 12.5. The molecule has 0 spiro atoms. The minimum atomic E-state index is -0.0509. The van der Waals surface area contributed by atoms with Crippen LogP contribution in [0, 0.1) is 5.92 Å². The van der Waals surface area contributed by atoms with Crippen LogP contribution in [0.25, 0.3) is 0 Å². The summed E-state index contributed by atoms with van der Waals surface area (Å²) in [5.41, 5.74) is 5.89. The van der Waals surface area contributed by atoms with Crippen LogP contribution in [-0.4, -0.2) is 54.8 Å². The van der Waals surface area contributed by atoms with Crippen molar-refractivity contribution in [2.45, 2.75) is 64.7 Å². The van der Waals surface area contributed by atoms with Crippen LogP contribution in [0.15, 0.2) is 68.8 Å². The summed E-state index contributed by atoms with van der Waals surface area (Å²) in [7, 11) is 3.80. The van der Waals surface area contributed by atoms with E-state index in [9.17, 15) is 4.79 Å². The number of ether oxygens (including phenoxy) is 2. The lowest BCUT2D eigenvalue weighted by Gasteiger charge is -2.42. The average molecular weight is 590 g/mol. The molecule has 202 valence electrons. The molecule has 2 unspecified atom stereocenters. The molecule has 37 heavy (non-hydrogen) atoms. The van der Waals surface area contributed by atoms with Gasteiger partial charge in [-0.25, -0.2) is 4.79 Å². The number of halogens is 1. The molecule has 1 fully saturated rings. The van der Waals surface area contributed by atoms with Gasteiger partial charge in [-0.15, -0.1) is 0 Å². The van der Waals surface area contributed by atoms with Crippen molar-refractivity contribution in [1.29, 1.82) is 0 Å². The highest BCUT2D eigenvalue weighted by atomic mass is 79.9. The van der Waals surface area contributed by atoms with Gasteiger partial charge >= 0.3 is 0 Å². The zero-order chi connectivity index (χ0) is 26.9. The first-order chi connectivity index (χ1) is 17.9. The van der Waals surface area contributed by atoms with Crippen molar-refractivity contribution in [2.75, 3.05) is 33.9 Å². The molecule has 1 aliphatic carbocycles. The fourth-order valence-corrected chi connectivity index (χ4v) is 6.43. The van der Waals surface area contributed by atoms with Gasteiger partial charge in [0, 0.05) is 38.2 Å². The Hall–Kier alpha value is -1.92. The van der Waals surface area contributed by atoms with Crippen LogP contribution in [0.2, 0.25) is 0 Å². The molecule has 3 rings (SSSR count). The number of methoxy groups -OCH3 is 1. The van der Waals surface area contributed by atoms with Crippen LogP contribution in [0.5, 0.6) is 0 Å². The van der Waals surface area contributed by atoms with Gasteiger partial charge in [0.2, 0.25) is 0 Å². The van der Waals surface area contributed by atoms with E-state index in [2.05, 4.69) is 59.5 Å². The standard InChI is InChI=1S/C30H41BrN2O3S/c1-6-21(3)18-25(37)28-26(31)24(19-34)30(36-20-22-12-9-8-10-13-22)29(32(28)4)27(23-14-11-15-23)33(7-2)16-17-35-5/h8-10,12-13,21,25,37H,6-7,11,14-18,20H2,1-5H3. The molecule has 0 saturated heterocycles. The minimum Gasteiger partial charge on any atom is -0.485 e. The smallest absolute Gasteiger partial charge is 0.165 e. The van der Waals surface area contributed by atoms with Crippen molar-refractivity contribution in [3.05, 3.63) is 74.4 Å². The average Bonchev–Trinajstić information content (AvgIpc) is 2.86. The third kappa shape index (κ3) is 6.94. The first-order valence-corrected chi connectivity index (χ1v) is 14.6. The Morgan fingerprint density at radius 1 is 1.24 bits per heavy atom. The van der Waals surface area contributed by atoms with Crippen LogP contribution in [0.3, 0.4) is 0 Å². The predicted octanol–water partition coefficient (Wildman–Crippen LogP) is 6.87. The lowest BCUT2D eigenvalue weighted by Crippen LogP contribution is -2.38. The lowest BCUT2D eigenvalue weighted by atomic mass is 9.87. The third-order valence-corrected chi connectivity index (χ3v) is 8.59. The molecule has 0 radical (unpaired) electrons. The zero-order valence-electron chi connectivity index (χ0n) is 22.8. The second-order valence-corrected chi connectivity index (χ2v) is 11.2. The molecule has 7 heteroatoms. The molecular weight excluding hydrogens is 548 g/mol. The largest absolute Gasteiger partial charge is 0.485 e. The highest BCUT2D eigenvalue weighted by molar-refractivity contribution is 9.12. The number of carbonyl (C=O) groups excluding carboxylic acids is 1. The van der Waals surface area contributed by atoms with Gasteiger partial charge in [-0.2, -0.15) is 12.6 Å². The van der Waals surface area contributed by atoms with E-state index in [0.29, 0.717) is 34.9 Å². The molecule has 1 aromatic rings. The monoisotopic (exact) mass is 588 g/mol. The van der Waals surface area contributed by atoms with Crippen LogP contribution in [0.4, 0.5) is 0 Å². The number of allylic oxidation sites excluding steroid dienone is 2. The van der Waals surface area contributed by atoms with Crippen LogP contribution in [0.1, 0.15) is 58.4 Å². The molecule has 1 saturated carbocycles. The maximum absolute atomic E-state index is 12.5. The Morgan fingerprint density at radius 3 is 2.49 bits per heavy atom. The number of thiol groups is 1. The van der Waals surface area contributed by atoms with Gasteiger partial charge in [0.25, 0.3) is 0 Å². The predicted molar refractivity (Wildman–Crippen MR) is 158 cm³/mol. The van der Waals surface area contributed by atoms with Gasteiger partial charge < -0.3 is 19.3 Å². The summed E-state index contributed by atoms with van der Waals surface area (Å²) in [4.78, 5) is 17.1. The summed E-state index contributed by atoms with van der Waals surface area (Å²) in [5.74, 6) is 3.29.